The number of rotatable bonds is 4. The lowest BCUT2D eigenvalue weighted by atomic mass is 10.1. The Morgan fingerprint density at radius 1 is 1.07 bits per heavy atom. The highest BCUT2D eigenvalue weighted by Crippen LogP contribution is 2.38. The number of aromatic nitrogens is 3. The summed E-state index contributed by atoms with van der Waals surface area (Å²) in [4.78, 5) is 13.1. The highest BCUT2D eigenvalue weighted by atomic mass is 32.1. The van der Waals surface area contributed by atoms with E-state index in [4.69, 9.17) is 9.47 Å². The molecule has 0 aliphatic carbocycles. The van der Waals surface area contributed by atoms with Crippen LogP contribution in [0.5, 0.6) is 11.6 Å². The van der Waals surface area contributed by atoms with Gasteiger partial charge in [0.2, 0.25) is 11.7 Å². The molecule has 0 spiro atoms. The molecule has 0 aliphatic heterocycles. The molecule has 0 unspecified atom stereocenters. The topological polar surface area (TPSA) is 57.1 Å². The minimum atomic E-state index is -1.03. The number of methoxy groups -OCH3 is 1. The molecule has 0 atom stereocenters. The first-order chi connectivity index (χ1) is 13.0. The summed E-state index contributed by atoms with van der Waals surface area (Å²) >= 11 is 1.25. The van der Waals surface area contributed by atoms with E-state index < -0.39 is 11.6 Å². The zero-order valence-corrected chi connectivity index (χ0v) is 15.7. The number of benzene rings is 2. The molecule has 2 heterocycles. The average Bonchev–Trinajstić information content (AvgIpc) is 3.09. The predicted molar refractivity (Wildman–Crippen MR) is 101 cm³/mol. The van der Waals surface area contributed by atoms with Gasteiger partial charge in [0.1, 0.15) is 10.5 Å². The molecule has 0 radical (unpaired) electrons. The SMILES string of the molecule is CCOc1cc2sc(-c3cc(C)cc4nc(OC)cnc34)nc2c(F)c1F. The second-order valence-corrected chi connectivity index (χ2v) is 6.92. The second kappa shape index (κ2) is 6.70. The lowest BCUT2D eigenvalue weighted by molar-refractivity contribution is 0.315. The summed E-state index contributed by atoms with van der Waals surface area (Å²) < 4.78 is 39.4. The summed E-state index contributed by atoms with van der Waals surface area (Å²) in [6, 6.07) is 5.26. The molecule has 0 N–H and O–H groups in total. The zero-order chi connectivity index (χ0) is 19.1. The molecule has 2 aromatic heterocycles. The van der Waals surface area contributed by atoms with Gasteiger partial charge in [-0.2, -0.15) is 4.39 Å². The van der Waals surface area contributed by atoms with Crippen LogP contribution in [0, 0.1) is 18.6 Å². The fourth-order valence-electron chi connectivity index (χ4n) is 2.87. The van der Waals surface area contributed by atoms with Crippen molar-refractivity contribution in [3.63, 3.8) is 0 Å². The molecule has 0 bridgehead atoms. The molecule has 2 aromatic carbocycles. The number of nitrogens with zero attached hydrogens (tertiary/aromatic N) is 3. The van der Waals surface area contributed by atoms with Crippen LogP contribution in [0.15, 0.2) is 24.4 Å². The number of halogens is 2. The molecule has 4 aromatic rings. The van der Waals surface area contributed by atoms with E-state index in [0.29, 0.717) is 32.2 Å². The van der Waals surface area contributed by atoms with Crippen molar-refractivity contribution in [2.24, 2.45) is 0 Å². The lowest BCUT2D eigenvalue weighted by Gasteiger charge is -2.06. The van der Waals surface area contributed by atoms with Gasteiger partial charge in [-0.25, -0.2) is 19.3 Å². The van der Waals surface area contributed by atoms with Gasteiger partial charge in [-0.15, -0.1) is 11.3 Å². The molecule has 0 saturated heterocycles. The summed E-state index contributed by atoms with van der Waals surface area (Å²) in [5.41, 5.74) is 2.89. The quantitative estimate of drug-likeness (QED) is 0.498. The Balaban J connectivity index is 1.96. The van der Waals surface area contributed by atoms with Gasteiger partial charge >= 0.3 is 0 Å². The lowest BCUT2D eigenvalue weighted by Crippen LogP contribution is -1.97. The maximum atomic E-state index is 14.4. The Labute approximate surface area is 157 Å². The maximum Gasteiger partial charge on any atom is 0.232 e. The largest absolute Gasteiger partial charge is 0.491 e. The number of hydrogen-bond donors (Lipinski definition) is 0. The van der Waals surface area contributed by atoms with Crippen LogP contribution in [0.25, 0.3) is 31.8 Å². The number of ether oxygens (including phenoxy) is 2. The Morgan fingerprint density at radius 3 is 2.63 bits per heavy atom. The number of fused-ring (bicyclic) bond motifs is 2. The van der Waals surface area contributed by atoms with Crippen molar-refractivity contribution in [1.82, 2.24) is 15.0 Å². The molecule has 8 heteroatoms. The van der Waals surface area contributed by atoms with E-state index in [0.717, 1.165) is 5.56 Å². The van der Waals surface area contributed by atoms with Gasteiger partial charge in [0, 0.05) is 11.6 Å². The van der Waals surface area contributed by atoms with Crippen molar-refractivity contribution in [1.29, 1.82) is 0 Å². The summed E-state index contributed by atoms with van der Waals surface area (Å²) in [7, 11) is 1.52. The fourth-order valence-corrected chi connectivity index (χ4v) is 3.88. The van der Waals surface area contributed by atoms with Gasteiger partial charge in [-0.05, 0) is 31.5 Å². The molecule has 27 heavy (non-hydrogen) atoms. The standard InChI is InChI=1S/C19H15F2N3O2S/c1-4-26-12-7-13-18(16(21)15(12)20)24-19(27-13)10-5-9(2)6-11-17(10)22-8-14(23-11)25-3/h5-8H,4H2,1-3H3. The van der Waals surface area contributed by atoms with E-state index in [-0.39, 0.29) is 17.9 Å². The molecular formula is C19H15F2N3O2S. The van der Waals surface area contributed by atoms with Gasteiger partial charge in [-0.3, -0.25) is 0 Å². The molecule has 0 aliphatic rings. The van der Waals surface area contributed by atoms with Gasteiger partial charge in [0.15, 0.2) is 11.6 Å². The van der Waals surface area contributed by atoms with E-state index in [9.17, 15) is 8.78 Å². The Hall–Kier alpha value is -2.87. The van der Waals surface area contributed by atoms with Gasteiger partial charge in [0.25, 0.3) is 0 Å². The van der Waals surface area contributed by atoms with E-state index >= 15 is 0 Å². The summed E-state index contributed by atoms with van der Waals surface area (Å²) in [6.45, 7) is 3.88. The minimum absolute atomic E-state index is 0.0212. The Kier molecular flexibility index (Phi) is 4.35. The van der Waals surface area contributed by atoms with Gasteiger partial charge < -0.3 is 9.47 Å². The third kappa shape index (κ3) is 2.95. The van der Waals surface area contributed by atoms with Crippen molar-refractivity contribution >= 4 is 32.6 Å². The van der Waals surface area contributed by atoms with Gasteiger partial charge in [0.05, 0.1) is 35.6 Å². The molecule has 4 rings (SSSR count). The van der Waals surface area contributed by atoms with Crippen molar-refractivity contribution < 1.29 is 18.3 Å². The van der Waals surface area contributed by atoms with E-state index in [2.05, 4.69) is 15.0 Å². The van der Waals surface area contributed by atoms with Crippen LogP contribution in [-0.2, 0) is 0 Å². The van der Waals surface area contributed by atoms with E-state index in [1.807, 2.05) is 19.1 Å². The van der Waals surface area contributed by atoms with E-state index in [1.165, 1.54) is 30.7 Å². The van der Waals surface area contributed by atoms with Crippen LogP contribution in [0.1, 0.15) is 12.5 Å². The molecule has 0 amide bonds. The third-order valence-corrected chi connectivity index (χ3v) is 5.08. The van der Waals surface area contributed by atoms with Crippen molar-refractivity contribution in [3.8, 4) is 22.2 Å². The summed E-state index contributed by atoms with van der Waals surface area (Å²) in [5.74, 6) is -1.75. The monoisotopic (exact) mass is 387 g/mol. The number of thiazole rings is 1. The van der Waals surface area contributed by atoms with Crippen LogP contribution in [0.3, 0.4) is 0 Å². The van der Waals surface area contributed by atoms with Gasteiger partial charge in [-0.1, -0.05) is 0 Å². The van der Waals surface area contributed by atoms with Crippen LogP contribution in [0.2, 0.25) is 0 Å². The maximum absolute atomic E-state index is 14.4. The smallest absolute Gasteiger partial charge is 0.232 e. The summed E-state index contributed by atoms with van der Waals surface area (Å²) in [5, 5.41) is 0.533. The average molecular weight is 387 g/mol. The van der Waals surface area contributed by atoms with E-state index in [1.54, 1.807) is 6.92 Å². The Morgan fingerprint density at radius 2 is 1.89 bits per heavy atom. The molecular weight excluding hydrogens is 372 g/mol. The second-order valence-electron chi connectivity index (χ2n) is 5.89. The molecule has 0 saturated carbocycles. The third-order valence-electron chi connectivity index (χ3n) is 4.04. The minimum Gasteiger partial charge on any atom is -0.491 e. The molecule has 5 nitrogen and oxygen atoms in total. The molecule has 138 valence electrons. The zero-order valence-electron chi connectivity index (χ0n) is 14.8. The van der Waals surface area contributed by atoms with Crippen LogP contribution in [-0.4, -0.2) is 28.7 Å². The first kappa shape index (κ1) is 17.5. The first-order valence-corrected chi connectivity index (χ1v) is 9.06. The Bertz CT molecular complexity index is 1180. The summed E-state index contributed by atoms with van der Waals surface area (Å²) in [6.07, 6.45) is 1.52. The normalized spacial score (nSPS) is 11.3. The first-order valence-electron chi connectivity index (χ1n) is 8.25. The number of hydrogen-bond acceptors (Lipinski definition) is 6. The highest BCUT2D eigenvalue weighted by Gasteiger charge is 2.20. The van der Waals surface area contributed by atoms with Crippen LogP contribution in [0.4, 0.5) is 8.78 Å². The van der Waals surface area contributed by atoms with Crippen LogP contribution >= 0.6 is 11.3 Å². The number of aryl methyl sites for hydroxylation is 1. The highest BCUT2D eigenvalue weighted by molar-refractivity contribution is 7.21. The van der Waals surface area contributed by atoms with Crippen molar-refractivity contribution in [3.05, 3.63) is 41.6 Å². The molecule has 0 fully saturated rings. The van der Waals surface area contributed by atoms with Crippen molar-refractivity contribution in [2.45, 2.75) is 13.8 Å². The predicted octanol–water partition coefficient (Wildman–Crippen LogP) is 4.90. The van der Waals surface area contributed by atoms with Crippen molar-refractivity contribution in [2.75, 3.05) is 13.7 Å². The van der Waals surface area contributed by atoms with Crippen LogP contribution < -0.4 is 9.47 Å². The fraction of sp³-hybridized carbons (Fsp3) is 0.211.